The summed E-state index contributed by atoms with van der Waals surface area (Å²) in [6, 6.07) is 16.0. The maximum atomic E-state index is 12.8. The van der Waals surface area contributed by atoms with Gasteiger partial charge >= 0.3 is 0 Å². The Kier molecular flexibility index (Phi) is 5.64. The van der Waals surface area contributed by atoms with Crippen molar-refractivity contribution in [1.29, 1.82) is 0 Å². The molecule has 0 spiro atoms. The van der Waals surface area contributed by atoms with Crippen LogP contribution in [0.1, 0.15) is 28.9 Å². The van der Waals surface area contributed by atoms with Gasteiger partial charge in [0.05, 0.1) is 5.52 Å². The van der Waals surface area contributed by atoms with E-state index >= 15 is 0 Å². The third-order valence-electron chi connectivity index (χ3n) is 5.41. The van der Waals surface area contributed by atoms with Gasteiger partial charge in [0, 0.05) is 37.4 Å². The molecule has 0 bridgehead atoms. The smallest absolute Gasteiger partial charge is 0.274 e. The molecule has 0 unspecified atom stereocenters. The van der Waals surface area contributed by atoms with Crippen molar-refractivity contribution in [3.8, 4) is 0 Å². The third-order valence-corrected chi connectivity index (χ3v) is 5.65. The number of aromatic nitrogens is 2. The van der Waals surface area contributed by atoms with Crippen LogP contribution >= 0.6 is 11.6 Å². The Labute approximate surface area is 170 Å². The highest BCUT2D eigenvalue weighted by atomic mass is 35.5. The summed E-state index contributed by atoms with van der Waals surface area (Å²) >= 11 is 6.02. The van der Waals surface area contributed by atoms with Crippen molar-refractivity contribution in [3.63, 3.8) is 0 Å². The van der Waals surface area contributed by atoms with Crippen LogP contribution in [0, 0.1) is 5.92 Å². The van der Waals surface area contributed by atoms with Crippen molar-refractivity contribution in [2.24, 2.45) is 5.92 Å². The number of carbonyl (C=O) groups is 1. The Morgan fingerprint density at radius 1 is 1.18 bits per heavy atom. The van der Waals surface area contributed by atoms with Crippen molar-refractivity contribution in [2.45, 2.75) is 19.4 Å². The van der Waals surface area contributed by atoms with Crippen LogP contribution in [0.15, 0.2) is 54.7 Å². The lowest BCUT2D eigenvalue weighted by Crippen LogP contribution is -2.41. The van der Waals surface area contributed by atoms with Crippen molar-refractivity contribution in [3.05, 3.63) is 71.0 Å². The fraction of sp³-hybridized carbons (Fsp3) is 0.364. The van der Waals surface area contributed by atoms with E-state index < -0.39 is 0 Å². The monoisotopic (exact) mass is 396 g/mol. The molecular formula is C22H25ClN4O. The van der Waals surface area contributed by atoms with Crippen LogP contribution in [-0.2, 0) is 6.54 Å². The zero-order chi connectivity index (χ0) is 19.5. The van der Waals surface area contributed by atoms with Crippen LogP contribution in [0.25, 0.3) is 5.52 Å². The minimum atomic E-state index is 0.0101. The number of amides is 1. The van der Waals surface area contributed by atoms with E-state index in [0.29, 0.717) is 16.6 Å². The number of halogens is 1. The number of hydrogen-bond acceptors (Lipinski definition) is 3. The van der Waals surface area contributed by atoms with Gasteiger partial charge in [0.15, 0.2) is 5.69 Å². The summed E-state index contributed by atoms with van der Waals surface area (Å²) in [5.41, 5.74) is 2.67. The standard InChI is InChI=1S/C22H25ClN4O/c1-25(15-17-5-3-2-4-6-17)16-18-7-10-26(11-8-18)22(28)21-14-20-13-19(23)9-12-27(20)24-21/h2-6,9,12-14,18H,7-8,10-11,15-16H2,1H3. The summed E-state index contributed by atoms with van der Waals surface area (Å²) in [6.07, 6.45) is 3.84. The van der Waals surface area contributed by atoms with E-state index in [-0.39, 0.29) is 5.91 Å². The van der Waals surface area contributed by atoms with Crippen molar-refractivity contribution in [2.75, 3.05) is 26.7 Å². The van der Waals surface area contributed by atoms with Crippen LogP contribution in [-0.4, -0.2) is 52.0 Å². The Morgan fingerprint density at radius 3 is 2.68 bits per heavy atom. The molecular weight excluding hydrogens is 372 g/mol. The predicted molar refractivity (Wildman–Crippen MR) is 112 cm³/mol. The number of piperidine rings is 1. The Bertz CT molecular complexity index is 948. The molecule has 0 saturated carbocycles. The molecule has 5 nitrogen and oxygen atoms in total. The Morgan fingerprint density at radius 2 is 1.93 bits per heavy atom. The fourth-order valence-corrected chi connectivity index (χ4v) is 4.12. The molecule has 3 aromatic rings. The average molecular weight is 397 g/mol. The second kappa shape index (κ2) is 8.33. The van der Waals surface area contributed by atoms with Crippen molar-refractivity contribution >= 4 is 23.0 Å². The highest BCUT2D eigenvalue weighted by Gasteiger charge is 2.25. The molecule has 146 valence electrons. The van der Waals surface area contributed by atoms with E-state index in [2.05, 4.69) is 41.3 Å². The van der Waals surface area contributed by atoms with Crippen molar-refractivity contribution < 1.29 is 4.79 Å². The SMILES string of the molecule is CN(Cc1ccccc1)CC1CCN(C(=O)c2cc3cc(Cl)ccn3n2)CC1. The maximum absolute atomic E-state index is 12.8. The molecule has 0 radical (unpaired) electrons. The number of nitrogens with zero attached hydrogens (tertiary/aromatic N) is 4. The van der Waals surface area contributed by atoms with Gasteiger partial charge in [-0.25, -0.2) is 4.52 Å². The summed E-state index contributed by atoms with van der Waals surface area (Å²) in [4.78, 5) is 17.1. The number of rotatable bonds is 5. The molecule has 2 aromatic heterocycles. The predicted octanol–water partition coefficient (Wildman–Crippen LogP) is 3.97. The maximum Gasteiger partial charge on any atom is 0.274 e. The van der Waals surface area contributed by atoms with Gasteiger partial charge in [0.25, 0.3) is 5.91 Å². The molecule has 4 rings (SSSR count). The molecule has 1 aromatic carbocycles. The third kappa shape index (κ3) is 4.37. The first kappa shape index (κ1) is 19.0. The topological polar surface area (TPSA) is 40.9 Å². The summed E-state index contributed by atoms with van der Waals surface area (Å²) < 4.78 is 1.70. The lowest BCUT2D eigenvalue weighted by atomic mass is 9.96. The highest BCUT2D eigenvalue weighted by molar-refractivity contribution is 6.30. The van der Waals surface area contributed by atoms with Crippen LogP contribution in [0.4, 0.5) is 0 Å². The Balaban J connectivity index is 1.31. The fourth-order valence-electron chi connectivity index (χ4n) is 3.95. The van der Waals surface area contributed by atoms with Gasteiger partial charge in [-0.05, 0) is 49.6 Å². The highest BCUT2D eigenvalue weighted by Crippen LogP contribution is 2.21. The molecule has 6 heteroatoms. The first-order valence-corrected chi connectivity index (χ1v) is 10.1. The van der Waals surface area contributed by atoms with E-state index in [0.717, 1.165) is 44.5 Å². The lowest BCUT2D eigenvalue weighted by molar-refractivity contribution is 0.0666. The number of benzene rings is 1. The number of hydrogen-bond donors (Lipinski definition) is 0. The molecule has 1 fully saturated rings. The first-order chi connectivity index (χ1) is 13.6. The summed E-state index contributed by atoms with van der Waals surface area (Å²) in [6.45, 7) is 3.60. The molecule has 1 aliphatic rings. The molecule has 28 heavy (non-hydrogen) atoms. The lowest BCUT2D eigenvalue weighted by Gasteiger charge is -2.33. The average Bonchev–Trinajstić information content (AvgIpc) is 3.12. The van der Waals surface area contributed by atoms with Crippen LogP contribution < -0.4 is 0 Å². The van der Waals surface area contributed by atoms with Gasteiger partial charge < -0.3 is 9.80 Å². The quantitative estimate of drug-likeness (QED) is 0.655. The molecule has 0 atom stereocenters. The van der Waals surface area contributed by atoms with Crippen LogP contribution in [0.5, 0.6) is 0 Å². The number of carbonyl (C=O) groups excluding carboxylic acids is 1. The van der Waals surface area contributed by atoms with Gasteiger partial charge in [-0.2, -0.15) is 5.10 Å². The molecule has 0 aliphatic carbocycles. The number of pyridine rings is 1. The number of fused-ring (bicyclic) bond motifs is 1. The van der Waals surface area contributed by atoms with Gasteiger partial charge in [-0.15, -0.1) is 0 Å². The van der Waals surface area contributed by atoms with Crippen molar-refractivity contribution in [1.82, 2.24) is 19.4 Å². The summed E-state index contributed by atoms with van der Waals surface area (Å²) in [7, 11) is 2.17. The molecule has 1 saturated heterocycles. The molecule has 3 heterocycles. The van der Waals surface area contributed by atoms with Crippen LogP contribution in [0.2, 0.25) is 5.02 Å². The summed E-state index contributed by atoms with van der Waals surface area (Å²) in [5, 5.41) is 5.05. The van der Waals surface area contributed by atoms with Gasteiger partial charge in [0.2, 0.25) is 0 Å². The first-order valence-electron chi connectivity index (χ1n) is 9.75. The van der Waals surface area contributed by atoms with E-state index in [1.807, 2.05) is 23.1 Å². The number of likely N-dealkylation sites (tertiary alicyclic amines) is 1. The van der Waals surface area contributed by atoms with E-state index in [9.17, 15) is 4.79 Å². The van der Waals surface area contributed by atoms with Gasteiger partial charge in [-0.1, -0.05) is 41.9 Å². The minimum absolute atomic E-state index is 0.0101. The van der Waals surface area contributed by atoms with Crippen LogP contribution in [0.3, 0.4) is 0 Å². The normalized spacial score (nSPS) is 15.5. The second-order valence-electron chi connectivity index (χ2n) is 7.66. The van der Waals surface area contributed by atoms with Gasteiger partial charge in [0.1, 0.15) is 0 Å². The Hall–Kier alpha value is -2.37. The second-order valence-corrected chi connectivity index (χ2v) is 8.10. The summed E-state index contributed by atoms with van der Waals surface area (Å²) in [5.74, 6) is 0.633. The van der Waals surface area contributed by atoms with E-state index in [4.69, 9.17) is 11.6 Å². The molecule has 0 N–H and O–H groups in total. The zero-order valence-corrected chi connectivity index (χ0v) is 16.8. The minimum Gasteiger partial charge on any atom is -0.337 e. The molecule has 1 aliphatic heterocycles. The van der Waals surface area contributed by atoms with E-state index in [1.54, 1.807) is 16.8 Å². The van der Waals surface area contributed by atoms with E-state index in [1.165, 1.54) is 5.56 Å². The molecule has 1 amide bonds. The largest absolute Gasteiger partial charge is 0.337 e. The van der Waals surface area contributed by atoms with Gasteiger partial charge in [-0.3, -0.25) is 4.79 Å². The zero-order valence-electron chi connectivity index (χ0n) is 16.1.